The minimum Gasteiger partial charge on any atom is -0.301 e. The standard InChI is InChI=1S/C30H32ClN5OS/c1-16(24-13-9-21-15-32-30(21,24)5)6-12-23(37)14-25-28-35-34-19(4)36(28)29-26(17(2)18(3)38-29)27(33-25)20-7-10-22(31)11-8-20/h7-11,13,16,25,32H,6,12,14-15H2,1-5H3/t16?,25-,30?/m0/s1. The molecule has 1 aliphatic carbocycles. The van der Waals surface area contributed by atoms with Crippen molar-refractivity contribution < 1.29 is 4.79 Å². The number of nitrogens with zero attached hydrogens (tertiary/aromatic N) is 4. The molecule has 1 N–H and O–H groups in total. The van der Waals surface area contributed by atoms with Gasteiger partial charge in [-0.25, -0.2) is 0 Å². The third-order valence-electron chi connectivity index (χ3n) is 8.48. The van der Waals surface area contributed by atoms with E-state index in [1.165, 1.54) is 21.6 Å². The van der Waals surface area contributed by atoms with Gasteiger partial charge in [0.2, 0.25) is 0 Å². The molecule has 2 unspecified atom stereocenters. The minimum absolute atomic E-state index is 0.0110. The lowest BCUT2D eigenvalue weighted by atomic mass is 9.75. The van der Waals surface area contributed by atoms with Crippen molar-refractivity contribution >= 4 is 34.4 Å². The highest BCUT2D eigenvalue weighted by Crippen LogP contribution is 2.43. The maximum Gasteiger partial charge on any atom is 0.163 e. The van der Waals surface area contributed by atoms with Crippen LogP contribution >= 0.6 is 22.9 Å². The predicted molar refractivity (Wildman–Crippen MR) is 154 cm³/mol. The highest BCUT2D eigenvalue weighted by molar-refractivity contribution is 7.15. The van der Waals surface area contributed by atoms with E-state index in [9.17, 15) is 4.79 Å². The molecule has 0 bridgehead atoms. The number of aliphatic imine (C=N–C) groups is 1. The summed E-state index contributed by atoms with van der Waals surface area (Å²) in [5.74, 6) is 2.06. The number of carbonyl (C=O) groups is 1. The van der Waals surface area contributed by atoms with E-state index in [2.05, 4.69) is 59.9 Å². The lowest BCUT2D eigenvalue weighted by Gasteiger charge is -2.44. The molecule has 2 aliphatic heterocycles. The molecule has 8 heteroatoms. The van der Waals surface area contributed by atoms with Crippen molar-refractivity contribution in [1.29, 1.82) is 0 Å². The number of aromatic nitrogens is 3. The van der Waals surface area contributed by atoms with Gasteiger partial charge in [-0.05, 0) is 68.9 Å². The molecule has 1 aromatic carbocycles. The second kappa shape index (κ2) is 9.40. The summed E-state index contributed by atoms with van der Waals surface area (Å²) in [6.07, 6.45) is 6.11. The minimum atomic E-state index is -0.409. The van der Waals surface area contributed by atoms with Crippen molar-refractivity contribution in [3.05, 3.63) is 85.8 Å². The summed E-state index contributed by atoms with van der Waals surface area (Å²) in [6.45, 7) is 11.7. The molecule has 3 aliphatic rings. The molecule has 1 fully saturated rings. The summed E-state index contributed by atoms with van der Waals surface area (Å²) in [6, 6.07) is 7.38. The zero-order valence-corrected chi connectivity index (χ0v) is 24.0. The number of fused-ring (bicyclic) bond motifs is 4. The SMILES string of the molecule is Cc1sc2c(c1C)C(c1ccc(Cl)cc1)=N[C@@H](CC(=O)CCC(C)C1=CC=C3CNC31C)c1nnc(C)n1-2. The average Bonchev–Trinajstić information content (AvgIpc) is 3.44. The number of ketones is 1. The Labute approximate surface area is 232 Å². The Hall–Kier alpha value is -2.87. The fourth-order valence-electron chi connectivity index (χ4n) is 5.97. The zero-order valence-electron chi connectivity index (χ0n) is 22.4. The number of hydrogen-bond acceptors (Lipinski definition) is 6. The number of Topliss-reactive ketones (excluding diaryl/α,β-unsaturated/α-hetero) is 1. The Morgan fingerprint density at radius 1 is 1.21 bits per heavy atom. The van der Waals surface area contributed by atoms with Crippen LogP contribution < -0.4 is 5.32 Å². The second-order valence-electron chi connectivity index (χ2n) is 10.9. The molecule has 4 heterocycles. The van der Waals surface area contributed by atoms with Crippen molar-refractivity contribution in [3.8, 4) is 5.00 Å². The quantitative estimate of drug-likeness (QED) is 0.372. The van der Waals surface area contributed by atoms with Gasteiger partial charge < -0.3 is 5.32 Å². The third kappa shape index (κ3) is 4.03. The van der Waals surface area contributed by atoms with Gasteiger partial charge >= 0.3 is 0 Å². The Balaban J connectivity index is 1.30. The smallest absolute Gasteiger partial charge is 0.163 e. The number of benzene rings is 1. The van der Waals surface area contributed by atoms with Gasteiger partial charge in [0.05, 0.1) is 11.3 Å². The van der Waals surface area contributed by atoms with Gasteiger partial charge in [-0.1, -0.05) is 42.8 Å². The van der Waals surface area contributed by atoms with Crippen LogP contribution in [0.1, 0.15) is 72.4 Å². The van der Waals surface area contributed by atoms with Crippen molar-refractivity contribution in [3.63, 3.8) is 0 Å². The third-order valence-corrected chi connectivity index (χ3v) is 9.93. The van der Waals surface area contributed by atoms with Gasteiger partial charge in [-0.15, -0.1) is 21.5 Å². The fourth-order valence-corrected chi connectivity index (χ4v) is 7.31. The van der Waals surface area contributed by atoms with E-state index in [1.807, 2.05) is 31.2 Å². The van der Waals surface area contributed by atoms with Gasteiger partial charge in [0.15, 0.2) is 5.82 Å². The number of halogens is 1. The molecule has 196 valence electrons. The molecule has 0 saturated carbocycles. The number of aryl methyl sites for hydroxylation is 2. The maximum absolute atomic E-state index is 13.4. The molecule has 38 heavy (non-hydrogen) atoms. The van der Waals surface area contributed by atoms with Gasteiger partial charge in [0.25, 0.3) is 0 Å². The van der Waals surface area contributed by atoms with Gasteiger partial charge in [0, 0.05) is 40.4 Å². The van der Waals surface area contributed by atoms with E-state index in [0.29, 0.717) is 23.8 Å². The number of allylic oxidation sites excluding steroid dienone is 2. The Morgan fingerprint density at radius 2 is 1.97 bits per heavy atom. The number of hydrogen-bond donors (Lipinski definition) is 1. The summed E-state index contributed by atoms with van der Waals surface area (Å²) in [5, 5.41) is 14.2. The number of rotatable bonds is 7. The van der Waals surface area contributed by atoms with Crippen LogP contribution in [0.25, 0.3) is 5.00 Å². The summed E-state index contributed by atoms with van der Waals surface area (Å²) >= 11 is 7.93. The monoisotopic (exact) mass is 545 g/mol. The lowest BCUT2D eigenvalue weighted by Crippen LogP contribution is -2.57. The van der Waals surface area contributed by atoms with E-state index in [-0.39, 0.29) is 11.3 Å². The van der Waals surface area contributed by atoms with Crippen LogP contribution in [0.3, 0.4) is 0 Å². The summed E-state index contributed by atoms with van der Waals surface area (Å²) in [7, 11) is 0. The first-order valence-electron chi connectivity index (χ1n) is 13.2. The highest BCUT2D eigenvalue weighted by Gasteiger charge is 2.44. The first-order valence-corrected chi connectivity index (χ1v) is 14.4. The largest absolute Gasteiger partial charge is 0.301 e. The molecule has 0 radical (unpaired) electrons. The van der Waals surface area contributed by atoms with Crippen LogP contribution in [0.15, 0.2) is 52.6 Å². The maximum atomic E-state index is 13.4. The Kier molecular flexibility index (Phi) is 6.29. The van der Waals surface area contributed by atoms with Gasteiger partial charge in [0.1, 0.15) is 22.7 Å². The molecule has 6 rings (SSSR count). The van der Waals surface area contributed by atoms with Crippen LogP contribution in [0, 0.1) is 26.7 Å². The van der Waals surface area contributed by atoms with Crippen molar-refractivity contribution in [2.75, 3.05) is 6.54 Å². The Morgan fingerprint density at radius 3 is 2.66 bits per heavy atom. The second-order valence-corrected chi connectivity index (χ2v) is 12.5. The number of carbonyl (C=O) groups excluding carboxylic acids is 1. The highest BCUT2D eigenvalue weighted by atomic mass is 35.5. The van der Waals surface area contributed by atoms with E-state index in [4.69, 9.17) is 16.6 Å². The summed E-state index contributed by atoms with van der Waals surface area (Å²) in [4.78, 5) is 19.9. The average molecular weight is 546 g/mol. The van der Waals surface area contributed by atoms with E-state index in [1.54, 1.807) is 11.3 Å². The summed E-state index contributed by atoms with van der Waals surface area (Å²) in [5.41, 5.74) is 6.96. The van der Waals surface area contributed by atoms with Gasteiger partial charge in [-0.2, -0.15) is 0 Å². The first-order chi connectivity index (χ1) is 18.2. The molecule has 6 nitrogen and oxygen atoms in total. The van der Waals surface area contributed by atoms with Crippen LogP contribution in [0.2, 0.25) is 5.02 Å². The number of nitrogens with one attached hydrogen (secondary N) is 1. The summed E-state index contributed by atoms with van der Waals surface area (Å²) < 4.78 is 2.10. The predicted octanol–water partition coefficient (Wildman–Crippen LogP) is 6.40. The normalized spacial score (nSPS) is 22.4. The number of thiophene rings is 1. The molecular weight excluding hydrogens is 514 g/mol. The Bertz CT molecular complexity index is 1540. The van der Waals surface area contributed by atoms with Crippen LogP contribution in [0.4, 0.5) is 0 Å². The molecule has 2 aromatic heterocycles. The van der Waals surface area contributed by atoms with Crippen molar-refractivity contribution in [1.82, 2.24) is 20.1 Å². The van der Waals surface area contributed by atoms with E-state index in [0.717, 1.165) is 46.5 Å². The van der Waals surface area contributed by atoms with Crippen LogP contribution in [-0.2, 0) is 4.79 Å². The van der Waals surface area contributed by atoms with E-state index < -0.39 is 6.04 Å². The molecule has 3 atom stereocenters. The molecular formula is C30H32ClN5OS. The zero-order chi connectivity index (χ0) is 26.8. The molecule has 0 spiro atoms. The molecule has 0 amide bonds. The first kappa shape index (κ1) is 25.4. The van der Waals surface area contributed by atoms with Crippen LogP contribution in [0.5, 0.6) is 0 Å². The fraction of sp³-hybridized carbons (Fsp3) is 0.400. The topological polar surface area (TPSA) is 72.2 Å². The van der Waals surface area contributed by atoms with E-state index >= 15 is 0 Å². The van der Waals surface area contributed by atoms with Crippen molar-refractivity contribution in [2.24, 2.45) is 10.9 Å². The van der Waals surface area contributed by atoms with Crippen LogP contribution in [-0.4, -0.2) is 38.3 Å². The molecule has 3 aromatic rings. The molecule has 1 saturated heterocycles. The van der Waals surface area contributed by atoms with Crippen molar-refractivity contribution in [2.45, 2.75) is 65.5 Å². The van der Waals surface area contributed by atoms with Gasteiger partial charge in [-0.3, -0.25) is 14.4 Å². The lowest BCUT2D eigenvalue weighted by molar-refractivity contribution is -0.119.